The lowest BCUT2D eigenvalue weighted by atomic mass is 10.3. The van der Waals surface area contributed by atoms with Crippen LogP contribution in [0.25, 0.3) is 5.69 Å². The molecule has 1 saturated heterocycles. The van der Waals surface area contributed by atoms with E-state index in [0.717, 1.165) is 17.6 Å². The van der Waals surface area contributed by atoms with Gasteiger partial charge in [0.1, 0.15) is 5.82 Å². The van der Waals surface area contributed by atoms with Crippen LogP contribution in [0.3, 0.4) is 0 Å². The first-order valence-electron chi connectivity index (χ1n) is 7.15. The topological polar surface area (TPSA) is 43.2 Å². The summed E-state index contributed by atoms with van der Waals surface area (Å²) < 4.78 is 21.8. The summed E-state index contributed by atoms with van der Waals surface area (Å²) >= 11 is 4.85. The maximum Gasteiger partial charge on any atom is 0.232 e. The molecule has 3 rings (SSSR count). The number of rotatable bonds is 5. The zero-order chi connectivity index (χ0) is 16.2. The minimum atomic E-state index is -0.287. The third-order valence-electron chi connectivity index (χ3n) is 3.33. The summed E-state index contributed by atoms with van der Waals surface area (Å²) in [6.07, 6.45) is 0. The van der Waals surface area contributed by atoms with Gasteiger partial charge in [0.15, 0.2) is 5.16 Å². The van der Waals surface area contributed by atoms with E-state index in [4.69, 9.17) is 4.74 Å². The smallest absolute Gasteiger partial charge is 0.232 e. The summed E-state index contributed by atoms with van der Waals surface area (Å²) in [4.78, 5) is 2.11. The molecule has 0 unspecified atom stereocenters. The van der Waals surface area contributed by atoms with E-state index in [2.05, 4.69) is 37.6 Å². The van der Waals surface area contributed by atoms with Crippen LogP contribution in [0.15, 0.2) is 40.5 Å². The van der Waals surface area contributed by atoms with Crippen molar-refractivity contribution in [1.82, 2.24) is 14.8 Å². The largest absolute Gasteiger partial charge is 0.378 e. The molecule has 2 heterocycles. The standard InChI is InChI=1S/C15H16BrFN4OS/c1-11(16)10-23-15-19-18-14(20-5-7-22-8-6-20)21(15)13-4-2-3-12(17)9-13/h2-4,9H,1,5-8,10H2. The summed E-state index contributed by atoms with van der Waals surface area (Å²) in [6.45, 7) is 6.61. The van der Waals surface area contributed by atoms with Crippen LogP contribution >= 0.6 is 27.7 Å². The normalized spacial score (nSPS) is 15.0. The van der Waals surface area contributed by atoms with Crippen molar-refractivity contribution in [3.63, 3.8) is 0 Å². The number of hydrogen-bond donors (Lipinski definition) is 0. The van der Waals surface area contributed by atoms with Crippen molar-refractivity contribution >= 4 is 33.6 Å². The van der Waals surface area contributed by atoms with Gasteiger partial charge in [-0.05, 0) is 22.7 Å². The van der Waals surface area contributed by atoms with Crippen molar-refractivity contribution in [2.24, 2.45) is 0 Å². The SMILES string of the molecule is C=C(Br)CSc1nnc(N2CCOCC2)n1-c1cccc(F)c1. The van der Waals surface area contributed by atoms with Crippen LogP contribution in [0.2, 0.25) is 0 Å². The predicted molar refractivity (Wildman–Crippen MR) is 93.1 cm³/mol. The Bertz CT molecular complexity index is 703. The van der Waals surface area contributed by atoms with Gasteiger partial charge in [-0.15, -0.1) is 10.2 Å². The predicted octanol–water partition coefficient (Wildman–Crippen LogP) is 3.24. The van der Waals surface area contributed by atoms with Crippen LogP contribution in [0, 0.1) is 5.82 Å². The molecule has 1 fully saturated rings. The monoisotopic (exact) mass is 398 g/mol. The molecule has 0 saturated carbocycles. The number of hydrogen-bond acceptors (Lipinski definition) is 5. The molecule has 0 radical (unpaired) electrons. The van der Waals surface area contributed by atoms with E-state index in [9.17, 15) is 4.39 Å². The molecule has 23 heavy (non-hydrogen) atoms. The Morgan fingerprint density at radius 1 is 1.35 bits per heavy atom. The van der Waals surface area contributed by atoms with Crippen LogP contribution in [-0.4, -0.2) is 46.8 Å². The van der Waals surface area contributed by atoms with E-state index in [0.29, 0.717) is 35.8 Å². The van der Waals surface area contributed by atoms with Crippen molar-refractivity contribution in [3.05, 3.63) is 41.1 Å². The molecule has 0 bridgehead atoms. The van der Waals surface area contributed by atoms with E-state index in [1.54, 1.807) is 6.07 Å². The van der Waals surface area contributed by atoms with Gasteiger partial charge >= 0.3 is 0 Å². The van der Waals surface area contributed by atoms with Crippen LogP contribution in [0.5, 0.6) is 0 Å². The van der Waals surface area contributed by atoms with Crippen LogP contribution in [0.1, 0.15) is 0 Å². The highest BCUT2D eigenvalue weighted by Gasteiger charge is 2.22. The second kappa shape index (κ2) is 7.46. The van der Waals surface area contributed by atoms with Gasteiger partial charge in [-0.25, -0.2) is 4.39 Å². The lowest BCUT2D eigenvalue weighted by molar-refractivity contribution is 0.122. The van der Waals surface area contributed by atoms with Crippen molar-refractivity contribution < 1.29 is 9.13 Å². The highest BCUT2D eigenvalue weighted by Crippen LogP contribution is 2.29. The molecule has 1 aliphatic heterocycles. The zero-order valence-corrected chi connectivity index (χ0v) is 14.8. The summed E-state index contributed by atoms with van der Waals surface area (Å²) in [7, 11) is 0. The Labute approximate surface area is 146 Å². The third-order valence-corrected chi connectivity index (χ3v) is 5.00. The highest BCUT2D eigenvalue weighted by molar-refractivity contribution is 9.11. The molecule has 1 aliphatic rings. The molecule has 0 spiro atoms. The van der Waals surface area contributed by atoms with Gasteiger partial charge in [0, 0.05) is 18.8 Å². The quantitative estimate of drug-likeness (QED) is 0.723. The molecule has 5 nitrogen and oxygen atoms in total. The first-order chi connectivity index (χ1) is 11.1. The van der Waals surface area contributed by atoms with Gasteiger partial charge < -0.3 is 9.64 Å². The Morgan fingerprint density at radius 2 is 2.13 bits per heavy atom. The van der Waals surface area contributed by atoms with Gasteiger partial charge in [-0.3, -0.25) is 4.57 Å². The number of ether oxygens (including phenoxy) is 1. The van der Waals surface area contributed by atoms with Crippen molar-refractivity contribution in [2.45, 2.75) is 5.16 Å². The molecular formula is C15H16BrFN4OS. The van der Waals surface area contributed by atoms with Crippen molar-refractivity contribution in [1.29, 1.82) is 0 Å². The molecule has 2 aromatic rings. The Kier molecular flexibility index (Phi) is 5.34. The maximum absolute atomic E-state index is 13.7. The van der Waals surface area contributed by atoms with Gasteiger partial charge in [0.25, 0.3) is 0 Å². The van der Waals surface area contributed by atoms with Crippen molar-refractivity contribution in [3.8, 4) is 5.69 Å². The summed E-state index contributed by atoms with van der Waals surface area (Å²) in [5.74, 6) is 1.09. The van der Waals surface area contributed by atoms with Crippen LogP contribution in [-0.2, 0) is 4.74 Å². The second-order valence-corrected chi connectivity index (χ2v) is 7.07. The lowest BCUT2D eigenvalue weighted by Crippen LogP contribution is -2.37. The number of nitrogens with zero attached hydrogens (tertiary/aromatic N) is 4. The Balaban J connectivity index is 2.00. The summed E-state index contributed by atoms with van der Waals surface area (Å²) in [5, 5.41) is 9.30. The number of morpholine rings is 1. The van der Waals surface area contributed by atoms with E-state index in [-0.39, 0.29) is 5.82 Å². The first-order valence-corrected chi connectivity index (χ1v) is 8.93. The Hall–Kier alpha value is -1.38. The minimum Gasteiger partial charge on any atom is -0.378 e. The van der Waals surface area contributed by atoms with E-state index < -0.39 is 0 Å². The highest BCUT2D eigenvalue weighted by atomic mass is 79.9. The lowest BCUT2D eigenvalue weighted by Gasteiger charge is -2.27. The van der Waals surface area contributed by atoms with E-state index in [1.165, 1.54) is 23.9 Å². The second-order valence-electron chi connectivity index (χ2n) is 5.00. The zero-order valence-electron chi connectivity index (χ0n) is 12.4. The molecule has 0 aliphatic carbocycles. The number of anilines is 1. The molecule has 1 aromatic carbocycles. The van der Waals surface area contributed by atoms with Crippen molar-refractivity contribution in [2.75, 3.05) is 37.0 Å². The molecule has 8 heteroatoms. The first kappa shape index (κ1) is 16.5. The average molecular weight is 399 g/mol. The molecule has 0 amide bonds. The van der Waals surface area contributed by atoms with Crippen LogP contribution < -0.4 is 4.90 Å². The summed E-state index contributed by atoms with van der Waals surface area (Å²) in [5.41, 5.74) is 0.708. The van der Waals surface area contributed by atoms with E-state index >= 15 is 0 Å². The number of thioether (sulfide) groups is 1. The maximum atomic E-state index is 13.7. The third kappa shape index (κ3) is 3.94. The van der Waals surface area contributed by atoms with Gasteiger partial charge in [-0.2, -0.15) is 0 Å². The molecular weight excluding hydrogens is 383 g/mol. The fourth-order valence-corrected chi connectivity index (χ4v) is 3.35. The number of halogens is 2. The number of aromatic nitrogens is 3. The van der Waals surface area contributed by atoms with E-state index in [1.807, 2.05) is 10.6 Å². The Morgan fingerprint density at radius 3 is 2.83 bits per heavy atom. The molecule has 0 atom stereocenters. The molecule has 1 aromatic heterocycles. The van der Waals surface area contributed by atoms with Gasteiger partial charge in [0.2, 0.25) is 5.95 Å². The fourth-order valence-electron chi connectivity index (χ4n) is 2.31. The average Bonchev–Trinajstić information content (AvgIpc) is 2.97. The molecule has 0 N–H and O–H groups in total. The van der Waals surface area contributed by atoms with Crippen LogP contribution in [0.4, 0.5) is 10.3 Å². The summed E-state index contributed by atoms with van der Waals surface area (Å²) in [6, 6.07) is 6.45. The van der Waals surface area contributed by atoms with Gasteiger partial charge in [0.05, 0.1) is 18.9 Å². The number of benzene rings is 1. The minimum absolute atomic E-state index is 0.287. The van der Waals surface area contributed by atoms with Gasteiger partial charge in [-0.1, -0.05) is 40.3 Å². The molecule has 122 valence electrons. The fraction of sp³-hybridized carbons (Fsp3) is 0.333.